The van der Waals surface area contributed by atoms with Crippen molar-refractivity contribution in [2.75, 3.05) is 39.1 Å². The van der Waals surface area contributed by atoms with Crippen molar-refractivity contribution in [2.45, 2.75) is 33.1 Å². The number of nitrogens with zero attached hydrogens (tertiary/aromatic N) is 2. The number of H-pyrrole nitrogens is 1. The summed E-state index contributed by atoms with van der Waals surface area (Å²) in [6.45, 7) is 10.6. The number of aryl methyl sites for hydroxylation is 2. The molecule has 1 N–H and O–H groups in total. The number of ketones is 1. The van der Waals surface area contributed by atoms with Gasteiger partial charge in [0.15, 0.2) is 5.78 Å². The molecule has 0 radical (unpaired) electrons. The monoisotopic (exact) mass is 389 g/mol. The van der Waals surface area contributed by atoms with E-state index in [1.807, 2.05) is 0 Å². The van der Waals surface area contributed by atoms with Gasteiger partial charge in [0.2, 0.25) is 0 Å². The fraction of sp³-hybridized carbons (Fsp3) is 0.400. The summed E-state index contributed by atoms with van der Waals surface area (Å²) in [6.07, 6.45) is 0. The summed E-state index contributed by atoms with van der Waals surface area (Å²) in [5.74, 6) is 0.134. The van der Waals surface area contributed by atoms with Gasteiger partial charge in [-0.3, -0.25) is 4.79 Å². The molecule has 0 saturated heterocycles. The topological polar surface area (TPSA) is 39.3 Å². The first-order valence-corrected chi connectivity index (χ1v) is 10.3. The molecule has 0 spiro atoms. The number of rotatable bonds is 4. The minimum atomic E-state index is -0.268. The summed E-state index contributed by atoms with van der Waals surface area (Å²) in [6, 6.07) is 10.6. The van der Waals surface area contributed by atoms with E-state index in [0.717, 1.165) is 51.9 Å². The van der Waals surface area contributed by atoms with Crippen molar-refractivity contribution < 1.29 is 4.79 Å². The molecule has 0 aliphatic heterocycles. The lowest BCUT2D eigenvalue weighted by Crippen LogP contribution is -2.32. The molecule has 0 saturated carbocycles. The zero-order valence-corrected chi connectivity index (χ0v) is 18.6. The first-order valence-electron chi connectivity index (χ1n) is 10.3. The largest absolute Gasteiger partial charge is 0.373 e. The van der Waals surface area contributed by atoms with Crippen LogP contribution in [-0.2, 0) is 5.41 Å². The minimum Gasteiger partial charge on any atom is -0.373 e. The van der Waals surface area contributed by atoms with E-state index in [2.05, 4.69) is 94.0 Å². The number of hydrogen-bond acceptors (Lipinski definition) is 3. The van der Waals surface area contributed by atoms with Crippen LogP contribution in [0.1, 0.15) is 52.2 Å². The highest BCUT2D eigenvalue weighted by atomic mass is 16.1. The van der Waals surface area contributed by atoms with Gasteiger partial charge in [-0.05, 0) is 62.8 Å². The van der Waals surface area contributed by atoms with Crippen molar-refractivity contribution in [1.82, 2.24) is 9.88 Å². The molecular formula is C25H31N3O. The Morgan fingerprint density at radius 2 is 1.72 bits per heavy atom. The van der Waals surface area contributed by atoms with Crippen LogP contribution in [-0.4, -0.2) is 49.9 Å². The van der Waals surface area contributed by atoms with E-state index in [-0.39, 0.29) is 11.2 Å². The number of fused-ring (bicyclic) bond motifs is 4. The summed E-state index contributed by atoms with van der Waals surface area (Å²) in [5, 5.41) is 1.03. The second-order valence-electron chi connectivity index (χ2n) is 9.29. The Hall–Kier alpha value is -2.59. The molecule has 0 amide bonds. The third kappa shape index (κ3) is 3.06. The second kappa shape index (κ2) is 6.74. The zero-order valence-electron chi connectivity index (χ0n) is 18.6. The summed E-state index contributed by atoms with van der Waals surface area (Å²) in [5.41, 5.74) is 8.13. The van der Waals surface area contributed by atoms with Gasteiger partial charge < -0.3 is 14.8 Å². The first-order chi connectivity index (χ1) is 13.6. The highest BCUT2D eigenvalue weighted by molar-refractivity contribution is 6.20. The Morgan fingerprint density at radius 1 is 1.00 bits per heavy atom. The van der Waals surface area contributed by atoms with E-state index in [4.69, 9.17) is 0 Å². The number of aromatic amines is 1. The summed E-state index contributed by atoms with van der Waals surface area (Å²) in [4.78, 5) is 21.6. The number of hydrogen-bond donors (Lipinski definition) is 1. The van der Waals surface area contributed by atoms with Gasteiger partial charge in [0.25, 0.3) is 0 Å². The molecule has 1 aliphatic rings. The van der Waals surface area contributed by atoms with Crippen molar-refractivity contribution in [2.24, 2.45) is 0 Å². The van der Waals surface area contributed by atoms with E-state index in [1.54, 1.807) is 0 Å². The number of nitrogens with one attached hydrogen (secondary N) is 1. The van der Waals surface area contributed by atoms with Crippen LogP contribution in [0.5, 0.6) is 0 Å². The lowest BCUT2D eigenvalue weighted by molar-refractivity contribution is 0.103. The maximum absolute atomic E-state index is 13.6. The highest BCUT2D eigenvalue weighted by Gasteiger charge is 2.40. The van der Waals surface area contributed by atoms with E-state index in [9.17, 15) is 4.79 Å². The Balaban J connectivity index is 1.88. The molecule has 1 heterocycles. The molecule has 29 heavy (non-hydrogen) atoms. The van der Waals surface area contributed by atoms with Crippen molar-refractivity contribution in [1.29, 1.82) is 0 Å². The molecule has 1 aromatic heterocycles. The number of carbonyl (C=O) groups excluding carboxylic acids is 1. The van der Waals surface area contributed by atoms with Crippen molar-refractivity contribution in [3.8, 4) is 0 Å². The van der Waals surface area contributed by atoms with Gasteiger partial charge >= 0.3 is 0 Å². The summed E-state index contributed by atoms with van der Waals surface area (Å²) in [7, 11) is 6.32. The Bertz CT molecular complexity index is 1120. The van der Waals surface area contributed by atoms with Gasteiger partial charge in [-0.2, -0.15) is 0 Å². The zero-order chi connectivity index (χ0) is 21.1. The maximum atomic E-state index is 13.6. The van der Waals surface area contributed by atoms with E-state index in [1.165, 1.54) is 11.3 Å². The van der Waals surface area contributed by atoms with Crippen LogP contribution in [0.4, 0.5) is 5.69 Å². The van der Waals surface area contributed by atoms with Crippen LogP contribution in [0.15, 0.2) is 30.3 Å². The molecule has 4 heteroatoms. The van der Waals surface area contributed by atoms with Gasteiger partial charge in [0.1, 0.15) is 0 Å². The number of aromatic nitrogens is 1. The third-order valence-electron chi connectivity index (χ3n) is 6.35. The molecule has 4 nitrogen and oxygen atoms in total. The predicted molar refractivity (Wildman–Crippen MR) is 122 cm³/mol. The average molecular weight is 390 g/mol. The van der Waals surface area contributed by atoms with E-state index >= 15 is 0 Å². The smallest absolute Gasteiger partial charge is 0.195 e. The molecule has 3 aromatic rings. The van der Waals surface area contributed by atoms with Gasteiger partial charge in [-0.1, -0.05) is 26.0 Å². The highest BCUT2D eigenvalue weighted by Crippen LogP contribution is 2.45. The normalized spacial score (nSPS) is 15.0. The molecule has 0 fully saturated rings. The fourth-order valence-corrected chi connectivity index (χ4v) is 4.57. The van der Waals surface area contributed by atoms with Gasteiger partial charge in [0, 0.05) is 53.4 Å². The van der Waals surface area contributed by atoms with Gasteiger partial charge in [-0.25, -0.2) is 0 Å². The Labute approximate surface area is 173 Å². The lowest BCUT2D eigenvalue weighted by Gasteiger charge is -2.34. The van der Waals surface area contributed by atoms with Crippen LogP contribution in [0.2, 0.25) is 0 Å². The number of carbonyl (C=O) groups is 1. The molecule has 0 bridgehead atoms. The van der Waals surface area contributed by atoms with Crippen LogP contribution in [0, 0.1) is 13.8 Å². The first kappa shape index (κ1) is 19.7. The standard InChI is InChI=1S/C25H31N3O/c1-15-8-9-17-20(12-15)26-24-22(17)23(29)18-13-16(2)21(14-19(18)25(24,3)4)28(7)11-10-27(5)6/h8-9,12-14,26H,10-11H2,1-7H3. The predicted octanol–water partition coefficient (Wildman–Crippen LogP) is 4.65. The van der Waals surface area contributed by atoms with Crippen LogP contribution < -0.4 is 4.90 Å². The summed E-state index contributed by atoms with van der Waals surface area (Å²) < 4.78 is 0. The van der Waals surface area contributed by atoms with Crippen LogP contribution in [0.25, 0.3) is 10.9 Å². The molecule has 1 aliphatic carbocycles. The second-order valence-corrected chi connectivity index (χ2v) is 9.29. The Morgan fingerprint density at radius 3 is 2.41 bits per heavy atom. The molecule has 152 valence electrons. The minimum absolute atomic E-state index is 0.134. The number of anilines is 1. The van der Waals surface area contributed by atoms with Crippen molar-refractivity contribution >= 4 is 22.4 Å². The van der Waals surface area contributed by atoms with Crippen molar-refractivity contribution in [3.63, 3.8) is 0 Å². The quantitative estimate of drug-likeness (QED) is 0.706. The molecule has 4 rings (SSSR count). The van der Waals surface area contributed by atoms with Crippen LogP contribution in [0.3, 0.4) is 0 Å². The Kier molecular flexibility index (Phi) is 4.58. The fourth-order valence-electron chi connectivity index (χ4n) is 4.57. The van der Waals surface area contributed by atoms with E-state index < -0.39 is 0 Å². The van der Waals surface area contributed by atoms with Gasteiger partial charge in [0.05, 0.1) is 5.56 Å². The molecular weight excluding hydrogens is 358 g/mol. The maximum Gasteiger partial charge on any atom is 0.195 e. The molecule has 0 atom stereocenters. The van der Waals surface area contributed by atoms with Crippen molar-refractivity contribution in [3.05, 3.63) is 63.8 Å². The lowest BCUT2D eigenvalue weighted by atomic mass is 9.70. The van der Waals surface area contributed by atoms with E-state index in [0.29, 0.717) is 0 Å². The van der Waals surface area contributed by atoms with Gasteiger partial charge in [-0.15, -0.1) is 0 Å². The SMILES string of the molecule is Cc1ccc2c3c([nH]c2c1)C(C)(C)c1cc(N(C)CCN(C)C)c(C)cc1C3=O. The number of likely N-dealkylation sites (N-methyl/N-ethyl adjacent to an activating group) is 2. The summed E-state index contributed by atoms with van der Waals surface area (Å²) >= 11 is 0. The average Bonchev–Trinajstić information content (AvgIpc) is 3.03. The molecule has 2 aromatic carbocycles. The number of benzene rings is 2. The third-order valence-corrected chi connectivity index (χ3v) is 6.35. The molecule has 0 unspecified atom stereocenters. The van der Waals surface area contributed by atoms with Crippen LogP contribution >= 0.6 is 0 Å².